The Hall–Kier alpha value is -1.41. The highest BCUT2D eigenvalue weighted by Gasteiger charge is 2.33. The van der Waals surface area contributed by atoms with Crippen molar-refractivity contribution >= 4 is 39.4 Å². The summed E-state index contributed by atoms with van der Waals surface area (Å²) in [6, 6.07) is 0. The first-order valence-electron chi connectivity index (χ1n) is 6.09. The summed E-state index contributed by atoms with van der Waals surface area (Å²) in [6.07, 6.45) is 6.04. The Balaban J connectivity index is 1.84. The lowest BCUT2D eigenvalue weighted by Crippen LogP contribution is -2.44. The lowest BCUT2D eigenvalue weighted by atomic mass is 10.4. The van der Waals surface area contributed by atoms with E-state index in [1.807, 2.05) is 6.08 Å². The van der Waals surface area contributed by atoms with Crippen LogP contribution in [-0.4, -0.2) is 45.2 Å². The molecule has 108 valence electrons. The maximum absolute atomic E-state index is 11.7. The molecule has 0 aromatic rings. The number of carboxylic acids is 1. The molecule has 2 rings (SSSR count). The molecule has 1 fully saturated rings. The summed E-state index contributed by atoms with van der Waals surface area (Å²) in [5.74, 6) is -0.651. The summed E-state index contributed by atoms with van der Waals surface area (Å²) < 4.78 is 0. The molecule has 0 aromatic carbocycles. The largest absolute Gasteiger partial charge is 0.481 e. The van der Waals surface area contributed by atoms with E-state index < -0.39 is 5.97 Å². The third-order valence-corrected chi connectivity index (χ3v) is 5.17. The first kappa shape index (κ1) is 15.0. The van der Waals surface area contributed by atoms with Gasteiger partial charge in [0.15, 0.2) is 0 Å². The monoisotopic (exact) mass is 314 g/mol. The molecule has 0 saturated carbocycles. The number of aliphatic carboxylic acids is 1. The first-order chi connectivity index (χ1) is 9.58. The van der Waals surface area contributed by atoms with Crippen molar-refractivity contribution in [2.45, 2.75) is 19.3 Å². The standard InChI is InChI=1S/C12H14N2O4S2/c15-10-3-4-11(16)14(10)13-6-1-2-9(8-13)20-19-7-5-12(17)18/h1-2,6H,3-5,7-8H2,(H,17,18). The third kappa shape index (κ3) is 3.80. The van der Waals surface area contributed by atoms with Crippen LogP contribution in [0.25, 0.3) is 0 Å². The number of hydrogen-bond acceptors (Lipinski definition) is 6. The molecule has 2 heterocycles. The van der Waals surface area contributed by atoms with Gasteiger partial charge in [-0.15, -0.1) is 0 Å². The van der Waals surface area contributed by atoms with Crippen molar-refractivity contribution < 1.29 is 19.5 Å². The normalized spacial score (nSPS) is 18.7. The zero-order valence-corrected chi connectivity index (χ0v) is 12.3. The number of amides is 2. The summed E-state index contributed by atoms with van der Waals surface area (Å²) in [6.45, 7) is 0.457. The molecule has 6 nitrogen and oxygen atoms in total. The summed E-state index contributed by atoms with van der Waals surface area (Å²) in [5.41, 5.74) is 0. The number of nitrogens with zero attached hydrogens (tertiary/aromatic N) is 2. The molecule has 1 N–H and O–H groups in total. The molecule has 0 bridgehead atoms. The Labute approximate surface area is 124 Å². The van der Waals surface area contributed by atoms with E-state index in [4.69, 9.17) is 5.11 Å². The highest BCUT2D eigenvalue weighted by Crippen LogP contribution is 2.33. The van der Waals surface area contributed by atoms with Crippen molar-refractivity contribution in [2.75, 3.05) is 12.3 Å². The first-order valence-corrected chi connectivity index (χ1v) is 8.41. The topological polar surface area (TPSA) is 77.9 Å². The van der Waals surface area contributed by atoms with E-state index in [1.165, 1.54) is 26.6 Å². The smallest absolute Gasteiger partial charge is 0.304 e. The number of rotatable bonds is 6. The molecule has 0 aliphatic carbocycles. The van der Waals surface area contributed by atoms with Crippen LogP contribution in [0.4, 0.5) is 0 Å². The average Bonchev–Trinajstić information content (AvgIpc) is 2.74. The molecule has 20 heavy (non-hydrogen) atoms. The predicted molar refractivity (Wildman–Crippen MR) is 77.3 cm³/mol. The molecular formula is C12H14N2O4S2. The molecule has 2 aliphatic heterocycles. The van der Waals surface area contributed by atoms with E-state index in [0.29, 0.717) is 12.3 Å². The molecule has 0 spiro atoms. The fourth-order valence-electron chi connectivity index (χ4n) is 1.80. The molecule has 2 amide bonds. The molecule has 0 atom stereocenters. The fraction of sp³-hybridized carbons (Fsp3) is 0.417. The minimum absolute atomic E-state index is 0.119. The van der Waals surface area contributed by atoms with Crippen LogP contribution in [-0.2, 0) is 14.4 Å². The van der Waals surface area contributed by atoms with Crippen LogP contribution in [0.15, 0.2) is 23.3 Å². The van der Waals surface area contributed by atoms with Crippen LogP contribution in [0.1, 0.15) is 19.3 Å². The number of allylic oxidation sites excluding steroid dienone is 2. The zero-order chi connectivity index (χ0) is 14.5. The van der Waals surface area contributed by atoms with Gasteiger partial charge in [-0.3, -0.25) is 19.4 Å². The van der Waals surface area contributed by atoms with Gasteiger partial charge < -0.3 is 5.11 Å². The Morgan fingerprint density at radius 3 is 2.65 bits per heavy atom. The highest BCUT2D eigenvalue weighted by molar-refractivity contribution is 8.78. The maximum Gasteiger partial charge on any atom is 0.304 e. The molecule has 0 radical (unpaired) electrons. The van der Waals surface area contributed by atoms with Crippen LogP contribution >= 0.6 is 21.6 Å². The van der Waals surface area contributed by atoms with Crippen molar-refractivity contribution in [1.82, 2.24) is 10.0 Å². The number of hydrazine groups is 1. The fourth-order valence-corrected chi connectivity index (χ4v) is 3.89. The van der Waals surface area contributed by atoms with Crippen molar-refractivity contribution in [3.8, 4) is 0 Å². The van der Waals surface area contributed by atoms with E-state index in [9.17, 15) is 14.4 Å². The summed E-state index contributed by atoms with van der Waals surface area (Å²) in [5, 5.41) is 11.4. The van der Waals surface area contributed by atoms with Gasteiger partial charge in [-0.2, -0.15) is 5.01 Å². The van der Waals surface area contributed by atoms with Crippen LogP contribution < -0.4 is 0 Å². The number of imide groups is 1. The van der Waals surface area contributed by atoms with Gasteiger partial charge in [-0.1, -0.05) is 21.6 Å². The second-order valence-electron chi connectivity index (χ2n) is 4.22. The average molecular weight is 314 g/mol. The lowest BCUT2D eigenvalue weighted by Gasteiger charge is -2.30. The Bertz CT molecular complexity index is 474. The van der Waals surface area contributed by atoms with Crippen molar-refractivity contribution in [1.29, 1.82) is 0 Å². The Morgan fingerprint density at radius 1 is 1.30 bits per heavy atom. The van der Waals surface area contributed by atoms with Gasteiger partial charge in [-0.25, -0.2) is 0 Å². The van der Waals surface area contributed by atoms with Gasteiger partial charge in [0.25, 0.3) is 0 Å². The van der Waals surface area contributed by atoms with Crippen molar-refractivity contribution in [3.05, 3.63) is 23.3 Å². The van der Waals surface area contributed by atoms with Crippen molar-refractivity contribution in [2.24, 2.45) is 0 Å². The van der Waals surface area contributed by atoms with E-state index in [1.54, 1.807) is 17.3 Å². The molecule has 0 aromatic heterocycles. The molecule has 2 aliphatic rings. The number of carbonyl (C=O) groups is 3. The minimum atomic E-state index is -0.814. The SMILES string of the molecule is O=C(O)CCSSC1=CC=CN(N2C(=O)CCC2=O)C1. The minimum Gasteiger partial charge on any atom is -0.481 e. The van der Waals surface area contributed by atoms with E-state index in [0.717, 1.165) is 4.91 Å². The second-order valence-corrected chi connectivity index (χ2v) is 6.76. The van der Waals surface area contributed by atoms with Crippen LogP contribution in [0.5, 0.6) is 0 Å². The molecule has 8 heteroatoms. The Kier molecular flexibility index (Phi) is 5.13. The quantitative estimate of drug-likeness (QED) is 0.453. The molecule has 1 saturated heterocycles. The number of hydrogen-bond donors (Lipinski definition) is 1. The predicted octanol–water partition coefficient (Wildman–Crippen LogP) is 1.62. The third-order valence-electron chi connectivity index (χ3n) is 2.71. The Morgan fingerprint density at radius 2 is 2.00 bits per heavy atom. The summed E-state index contributed by atoms with van der Waals surface area (Å²) in [4.78, 5) is 34.7. The van der Waals surface area contributed by atoms with Crippen LogP contribution in [0.2, 0.25) is 0 Å². The van der Waals surface area contributed by atoms with Crippen LogP contribution in [0, 0.1) is 0 Å². The highest BCUT2D eigenvalue weighted by atomic mass is 33.1. The van der Waals surface area contributed by atoms with Gasteiger partial charge in [0.05, 0.1) is 13.0 Å². The van der Waals surface area contributed by atoms with Gasteiger partial charge >= 0.3 is 5.97 Å². The van der Waals surface area contributed by atoms with E-state index in [2.05, 4.69) is 0 Å². The second kappa shape index (κ2) is 6.85. The van der Waals surface area contributed by atoms with Crippen molar-refractivity contribution in [3.63, 3.8) is 0 Å². The maximum atomic E-state index is 11.7. The molecular weight excluding hydrogens is 300 g/mol. The van der Waals surface area contributed by atoms with E-state index >= 15 is 0 Å². The van der Waals surface area contributed by atoms with E-state index in [-0.39, 0.29) is 31.1 Å². The zero-order valence-electron chi connectivity index (χ0n) is 10.7. The summed E-state index contributed by atoms with van der Waals surface area (Å²) >= 11 is 0. The number of carbonyl (C=O) groups excluding carboxylic acids is 2. The van der Waals surface area contributed by atoms with Crippen LogP contribution in [0.3, 0.4) is 0 Å². The van der Waals surface area contributed by atoms with Gasteiger partial charge in [0.2, 0.25) is 11.8 Å². The number of carboxylic acid groups (broad SMARTS) is 1. The summed E-state index contributed by atoms with van der Waals surface area (Å²) in [7, 11) is 2.93. The van der Waals surface area contributed by atoms with Gasteiger partial charge in [0.1, 0.15) is 0 Å². The van der Waals surface area contributed by atoms with Gasteiger partial charge in [-0.05, 0) is 12.2 Å². The molecule has 0 unspecified atom stereocenters. The van der Waals surface area contributed by atoms with Gasteiger partial charge in [0, 0.05) is 29.7 Å². The lowest BCUT2D eigenvalue weighted by molar-refractivity contribution is -0.152.